The third-order valence-electron chi connectivity index (χ3n) is 3.41. The second-order valence-corrected chi connectivity index (χ2v) is 6.79. The molecule has 0 amide bonds. The van der Waals surface area contributed by atoms with Crippen LogP contribution in [0.3, 0.4) is 0 Å². The van der Waals surface area contributed by atoms with Crippen molar-refractivity contribution >= 4 is 46.4 Å². The second kappa shape index (κ2) is 11.2. The number of nitrogens with two attached hydrogens (primary N) is 1. The molecule has 0 spiro atoms. The monoisotopic (exact) mass is 457 g/mol. The Hall–Kier alpha value is -1.41. The summed E-state index contributed by atoms with van der Waals surface area (Å²) in [6, 6.07) is 17.9. The van der Waals surface area contributed by atoms with E-state index in [1.807, 2.05) is 42.5 Å². The van der Waals surface area contributed by atoms with Crippen LogP contribution in [0.5, 0.6) is 0 Å². The predicted octanol–water partition coefficient (Wildman–Crippen LogP) is 3.54. The van der Waals surface area contributed by atoms with E-state index in [0.717, 1.165) is 17.7 Å². The van der Waals surface area contributed by atoms with Gasteiger partial charge in [0.25, 0.3) is 0 Å². The van der Waals surface area contributed by atoms with Gasteiger partial charge in [-0.1, -0.05) is 49.4 Å². The number of aliphatic imine (C=N–C) groups is 1. The highest BCUT2D eigenvalue weighted by molar-refractivity contribution is 14.0. The van der Waals surface area contributed by atoms with Crippen molar-refractivity contribution < 1.29 is 4.21 Å². The van der Waals surface area contributed by atoms with E-state index >= 15 is 0 Å². The van der Waals surface area contributed by atoms with Gasteiger partial charge in [-0.15, -0.1) is 24.0 Å². The Bertz CT molecular complexity index is 660. The molecule has 6 heteroatoms. The van der Waals surface area contributed by atoms with Crippen molar-refractivity contribution in [3.8, 4) is 0 Å². The Balaban J connectivity index is 0.00000288. The summed E-state index contributed by atoms with van der Waals surface area (Å²) in [5.41, 5.74) is 9.13. The molecule has 0 aliphatic carbocycles. The van der Waals surface area contributed by atoms with Crippen molar-refractivity contribution in [2.24, 2.45) is 10.7 Å². The summed E-state index contributed by atoms with van der Waals surface area (Å²) < 4.78 is 12.0. The lowest BCUT2D eigenvalue weighted by molar-refractivity contribution is 0.682. The standard InChI is InChI=1S/C18H23N3OS.HI/c1-2-15-8-10-17(11-9-15)21-18(19)20-12-13-23(22)14-16-6-4-3-5-7-16;/h3-11H,2,12-14H2,1H3,(H3,19,20,21);1H. The lowest BCUT2D eigenvalue weighted by atomic mass is 10.1. The van der Waals surface area contributed by atoms with Crippen LogP contribution in [0.15, 0.2) is 59.6 Å². The van der Waals surface area contributed by atoms with Crippen molar-refractivity contribution in [3.05, 3.63) is 65.7 Å². The molecule has 4 nitrogen and oxygen atoms in total. The number of rotatable bonds is 7. The summed E-state index contributed by atoms with van der Waals surface area (Å²) in [7, 11) is -0.929. The summed E-state index contributed by atoms with van der Waals surface area (Å²) in [6.45, 7) is 2.57. The van der Waals surface area contributed by atoms with Gasteiger partial charge in [0.05, 0.1) is 6.54 Å². The SMILES string of the molecule is CCc1ccc(NC(N)=NCCS(=O)Cc2ccccc2)cc1.I. The Kier molecular flexibility index (Phi) is 9.63. The molecular formula is C18H24IN3OS. The van der Waals surface area contributed by atoms with Crippen LogP contribution in [-0.4, -0.2) is 22.5 Å². The van der Waals surface area contributed by atoms with Crippen LogP contribution in [0.4, 0.5) is 5.69 Å². The summed E-state index contributed by atoms with van der Waals surface area (Å²) in [6.07, 6.45) is 1.01. The Labute approximate surface area is 163 Å². The zero-order valence-corrected chi connectivity index (χ0v) is 16.9. The van der Waals surface area contributed by atoms with Gasteiger partial charge in [-0.25, -0.2) is 0 Å². The fourth-order valence-electron chi connectivity index (χ4n) is 2.11. The number of nitrogens with one attached hydrogen (secondary N) is 1. The van der Waals surface area contributed by atoms with Crippen LogP contribution in [0.1, 0.15) is 18.1 Å². The number of aryl methyl sites for hydroxylation is 1. The lowest BCUT2D eigenvalue weighted by Crippen LogP contribution is -2.23. The number of hydrogen-bond acceptors (Lipinski definition) is 2. The number of halogens is 1. The number of anilines is 1. The highest BCUT2D eigenvalue weighted by Crippen LogP contribution is 2.09. The second-order valence-electron chi connectivity index (χ2n) is 5.22. The average Bonchev–Trinajstić information content (AvgIpc) is 2.56. The molecule has 130 valence electrons. The van der Waals surface area contributed by atoms with Crippen LogP contribution in [0.25, 0.3) is 0 Å². The minimum absolute atomic E-state index is 0. The first-order chi connectivity index (χ1) is 11.2. The summed E-state index contributed by atoms with van der Waals surface area (Å²) in [5, 5.41) is 3.05. The summed E-state index contributed by atoms with van der Waals surface area (Å²) in [4.78, 5) is 4.23. The Morgan fingerprint density at radius 3 is 2.38 bits per heavy atom. The third kappa shape index (κ3) is 7.44. The molecular weight excluding hydrogens is 433 g/mol. The molecule has 2 rings (SSSR count). The molecule has 0 aliphatic heterocycles. The zero-order valence-electron chi connectivity index (χ0n) is 13.8. The van der Waals surface area contributed by atoms with E-state index < -0.39 is 10.8 Å². The molecule has 0 aliphatic rings. The first-order valence-corrected chi connectivity index (χ1v) is 9.21. The van der Waals surface area contributed by atoms with Gasteiger partial charge in [0.1, 0.15) is 0 Å². The van der Waals surface area contributed by atoms with Gasteiger partial charge in [-0.3, -0.25) is 9.20 Å². The van der Waals surface area contributed by atoms with E-state index in [-0.39, 0.29) is 24.0 Å². The smallest absolute Gasteiger partial charge is 0.193 e. The Morgan fingerprint density at radius 1 is 1.08 bits per heavy atom. The molecule has 0 saturated carbocycles. The molecule has 3 N–H and O–H groups in total. The minimum Gasteiger partial charge on any atom is -0.370 e. The van der Waals surface area contributed by atoms with Crippen molar-refractivity contribution in [3.63, 3.8) is 0 Å². The fraction of sp³-hybridized carbons (Fsp3) is 0.278. The number of nitrogens with zero attached hydrogens (tertiary/aromatic N) is 1. The van der Waals surface area contributed by atoms with E-state index in [4.69, 9.17) is 5.73 Å². The molecule has 24 heavy (non-hydrogen) atoms. The van der Waals surface area contributed by atoms with E-state index in [0.29, 0.717) is 24.0 Å². The van der Waals surface area contributed by atoms with Crippen LogP contribution in [0, 0.1) is 0 Å². The molecule has 0 fully saturated rings. The van der Waals surface area contributed by atoms with Gasteiger partial charge in [0.2, 0.25) is 0 Å². The lowest BCUT2D eigenvalue weighted by Gasteiger charge is -2.06. The molecule has 1 atom stereocenters. The zero-order chi connectivity index (χ0) is 16.5. The van der Waals surface area contributed by atoms with Crippen molar-refractivity contribution in [1.82, 2.24) is 0 Å². The topological polar surface area (TPSA) is 67.5 Å². The molecule has 2 aromatic rings. The highest BCUT2D eigenvalue weighted by atomic mass is 127. The minimum atomic E-state index is -0.929. The van der Waals surface area contributed by atoms with Crippen LogP contribution in [0.2, 0.25) is 0 Å². The summed E-state index contributed by atoms with van der Waals surface area (Å²) >= 11 is 0. The summed E-state index contributed by atoms with van der Waals surface area (Å²) in [5.74, 6) is 1.42. The van der Waals surface area contributed by atoms with E-state index in [9.17, 15) is 4.21 Å². The van der Waals surface area contributed by atoms with Gasteiger partial charge in [-0.2, -0.15) is 0 Å². The Morgan fingerprint density at radius 2 is 1.75 bits per heavy atom. The predicted molar refractivity (Wildman–Crippen MR) is 115 cm³/mol. The van der Waals surface area contributed by atoms with Crippen molar-refractivity contribution in [2.45, 2.75) is 19.1 Å². The fourth-order valence-corrected chi connectivity index (χ4v) is 3.11. The molecule has 0 aromatic heterocycles. The molecule has 0 heterocycles. The number of benzene rings is 2. The van der Waals surface area contributed by atoms with Crippen molar-refractivity contribution in [1.29, 1.82) is 0 Å². The number of guanidine groups is 1. The van der Waals surface area contributed by atoms with Crippen LogP contribution >= 0.6 is 24.0 Å². The van der Waals surface area contributed by atoms with Gasteiger partial charge in [0, 0.05) is 28.0 Å². The third-order valence-corrected chi connectivity index (χ3v) is 4.70. The van der Waals surface area contributed by atoms with Crippen LogP contribution in [-0.2, 0) is 23.0 Å². The maximum Gasteiger partial charge on any atom is 0.193 e. The van der Waals surface area contributed by atoms with Gasteiger partial charge in [-0.05, 0) is 29.7 Å². The van der Waals surface area contributed by atoms with Gasteiger partial charge in [0.15, 0.2) is 5.96 Å². The quantitative estimate of drug-likeness (QED) is 0.380. The average molecular weight is 457 g/mol. The van der Waals surface area contributed by atoms with Gasteiger partial charge < -0.3 is 11.1 Å². The van der Waals surface area contributed by atoms with E-state index in [2.05, 4.69) is 29.4 Å². The molecule has 0 radical (unpaired) electrons. The molecule has 1 unspecified atom stereocenters. The van der Waals surface area contributed by atoms with Gasteiger partial charge >= 0.3 is 0 Å². The number of hydrogen-bond donors (Lipinski definition) is 2. The maximum absolute atomic E-state index is 12.0. The van der Waals surface area contributed by atoms with Crippen LogP contribution < -0.4 is 11.1 Å². The van der Waals surface area contributed by atoms with E-state index in [1.54, 1.807) is 0 Å². The van der Waals surface area contributed by atoms with Crippen molar-refractivity contribution in [2.75, 3.05) is 17.6 Å². The van der Waals surface area contributed by atoms with E-state index in [1.165, 1.54) is 5.56 Å². The highest BCUT2D eigenvalue weighted by Gasteiger charge is 2.01. The molecule has 0 bridgehead atoms. The largest absolute Gasteiger partial charge is 0.370 e. The maximum atomic E-state index is 12.0. The molecule has 2 aromatic carbocycles. The molecule has 0 saturated heterocycles. The normalized spacial score (nSPS) is 12.3. The first kappa shape index (κ1) is 20.6. The first-order valence-electron chi connectivity index (χ1n) is 7.72.